The molecule has 0 spiro atoms. The molecule has 4 rings (SSSR count). The van der Waals surface area contributed by atoms with E-state index in [0.717, 1.165) is 31.0 Å². The first kappa shape index (κ1) is 15.4. The number of aromatic nitrogens is 5. The van der Waals surface area contributed by atoms with E-state index in [1.165, 1.54) is 12.4 Å². The van der Waals surface area contributed by atoms with E-state index in [2.05, 4.69) is 30.7 Å². The van der Waals surface area contributed by atoms with Gasteiger partial charge in [-0.25, -0.2) is 9.97 Å². The molecule has 0 saturated heterocycles. The Labute approximate surface area is 144 Å². The second kappa shape index (κ2) is 6.78. The molecule has 0 aromatic carbocycles. The molecule has 0 saturated carbocycles. The number of nitrogens with zero attached hydrogens (tertiary/aromatic N) is 5. The van der Waals surface area contributed by atoms with Crippen LogP contribution >= 0.6 is 0 Å². The van der Waals surface area contributed by atoms with Gasteiger partial charge in [-0.1, -0.05) is 6.07 Å². The fraction of sp³-hybridized carbons (Fsp3) is 0.235. The van der Waals surface area contributed by atoms with Crippen molar-refractivity contribution in [3.8, 4) is 11.5 Å². The molecule has 0 atom stereocenters. The van der Waals surface area contributed by atoms with Gasteiger partial charge in [0.05, 0.1) is 30.0 Å². The quantitative estimate of drug-likeness (QED) is 0.731. The number of pyridine rings is 1. The summed E-state index contributed by atoms with van der Waals surface area (Å²) in [5.74, 6) is 0.267. The van der Waals surface area contributed by atoms with Crippen LogP contribution in [0.5, 0.6) is 0 Å². The number of amides is 1. The van der Waals surface area contributed by atoms with Crippen LogP contribution in [0, 0.1) is 0 Å². The lowest BCUT2D eigenvalue weighted by molar-refractivity contribution is 0.0949. The maximum atomic E-state index is 12.3. The van der Waals surface area contributed by atoms with E-state index >= 15 is 0 Å². The summed E-state index contributed by atoms with van der Waals surface area (Å²) in [6.07, 6.45) is 4.70. The number of fused-ring (bicyclic) bond motifs is 1. The van der Waals surface area contributed by atoms with Crippen LogP contribution in [0.15, 0.2) is 42.9 Å². The van der Waals surface area contributed by atoms with E-state index in [1.54, 1.807) is 6.20 Å². The molecule has 1 amide bonds. The Balaban J connectivity index is 1.40. The largest absolute Gasteiger partial charge is 0.346 e. The molecule has 126 valence electrons. The smallest absolute Gasteiger partial charge is 0.254 e. The van der Waals surface area contributed by atoms with Gasteiger partial charge in [0.2, 0.25) is 0 Å². The zero-order valence-electron chi connectivity index (χ0n) is 13.5. The average Bonchev–Trinajstić information content (AvgIpc) is 3.10. The maximum Gasteiger partial charge on any atom is 0.254 e. The summed E-state index contributed by atoms with van der Waals surface area (Å²) in [6.45, 7) is 2.96. The third-order valence-electron chi connectivity index (χ3n) is 3.96. The first-order chi connectivity index (χ1) is 12.3. The van der Waals surface area contributed by atoms with Crippen molar-refractivity contribution in [2.45, 2.75) is 19.6 Å². The lowest BCUT2D eigenvalue weighted by atomic mass is 10.3. The molecular formula is C17H17N7O. The number of nitrogens with one attached hydrogen (secondary N) is 2. The molecule has 1 aliphatic rings. The van der Waals surface area contributed by atoms with Crippen molar-refractivity contribution in [1.82, 2.24) is 35.4 Å². The van der Waals surface area contributed by atoms with Crippen LogP contribution in [-0.2, 0) is 19.6 Å². The van der Waals surface area contributed by atoms with Crippen LogP contribution < -0.4 is 10.6 Å². The van der Waals surface area contributed by atoms with Gasteiger partial charge < -0.3 is 10.6 Å². The van der Waals surface area contributed by atoms with Gasteiger partial charge in [0.1, 0.15) is 5.69 Å². The summed E-state index contributed by atoms with van der Waals surface area (Å²) in [4.78, 5) is 24.9. The predicted molar refractivity (Wildman–Crippen MR) is 90.4 cm³/mol. The molecule has 8 nitrogen and oxygen atoms in total. The minimum Gasteiger partial charge on any atom is -0.346 e. The Hall–Kier alpha value is -3.13. The molecule has 25 heavy (non-hydrogen) atoms. The zero-order chi connectivity index (χ0) is 17.1. The molecule has 0 unspecified atom stereocenters. The summed E-state index contributed by atoms with van der Waals surface area (Å²) >= 11 is 0. The number of carbonyl (C=O) groups is 1. The Bertz CT molecular complexity index is 850. The maximum absolute atomic E-state index is 12.3. The number of rotatable bonds is 4. The molecular weight excluding hydrogens is 318 g/mol. The summed E-state index contributed by atoms with van der Waals surface area (Å²) in [6, 6.07) is 7.53. The Kier molecular flexibility index (Phi) is 4.17. The van der Waals surface area contributed by atoms with Gasteiger partial charge in [-0.15, -0.1) is 0 Å². The van der Waals surface area contributed by atoms with Crippen molar-refractivity contribution in [3.05, 3.63) is 59.8 Å². The van der Waals surface area contributed by atoms with Gasteiger partial charge in [-0.05, 0) is 18.2 Å². The standard InChI is InChI=1S/C17H17N7O/c25-17(22-10-13-7-14-11-18-5-6-24(14)23-13)12-8-20-16(21-9-12)15-3-1-2-4-19-15/h1-4,7-9,18H,5-6,10-11H2,(H,22,25). The number of hydrogen-bond donors (Lipinski definition) is 2. The SMILES string of the molecule is O=C(NCc1cc2n(n1)CCNC2)c1cnc(-c2ccccn2)nc1. The Morgan fingerprint density at radius 3 is 2.88 bits per heavy atom. The monoisotopic (exact) mass is 335 g/mol. The third-order valence-corrected chi connectivity index (χ3v) is 3.96. The first-order valence-corrected chi connectivity index (χ1v) is 8.07. The highest BCUT2D eigenvalue weighted by Gasteiger charge is 2.13. The predicted octanol–water partition coefficient (Wildman–Crippen LogP) is 0.768. The van der Waals surface area contributed by atoms with E-state index in [9.17, 15) is 4.79 Å². The molecule has 0 radical (unpaired) electrons. The van der Waals surface area contributed by atoms with Crippen LogP contribution in [0.1, 0.15) is 21.7 Å². The second-order valence-electron chi connectivity index (χ2n) is 5.72. The highest BCUT2D eigenvalue weighted by Crippen LogP contribution is 2.11. The van der Waals surface area contributed by atoms with Crippen molar-refractivity contribution < 1.29 is 4.79 Å². The van der Waals surface area contributed by atoms with E-state index in [0.29, 0.717) is 23.6 Å². The molecule has 3 aromatic rings. The average molecular weight is 335 g/mol. The molecule has 0 aliphatic carbocycles. The first-order valence-electron chi connectivity index (χ1n) is 8.07. The minimum absolute atomic E-state index is 0.225. The van der Waals surface area contributed by atoms with E-state index in [-0.39, 0.29) is 5.91 Å². The summed E-state index contributed by atoms with van der Waals surface area (Å²) < 4.78 is 1.97. The van der Waals surface area contributed by atoms with Gasteiger partial charge in [0, 0.05) is 31.7 Å². The normalized spacial score (nSPS) is 13.3. The van der Waals surface area contributed by atoms with Crippen LogP contribution in [0.4, 0.5) is 0 Å². The highest BCUT2D eigenvalue weighted by atomic mass is 16.1. The van der Waals surface area contributed by atoms with Crippen molar-refractivity contribution >= 4 is 5.91 Å². The van der Waals surface area contributed by atoms with Gasteiger partial charge in [0.15, 0.2) is 5.82 Å². The van der Waals surface area contributed by atoms with Crippen LogP contribution in [0.25, 0.3) is 11.5 Å². The lowest BCUT2D eigenvalue weighted by Gasteiger charge is -2.13. The van der Waals surface area contributed by atoms with Gasteiger partial charge in [0.25, 0.3) is 5.91 Å². The minimum atomic E-state index is -0.225. The molecule has 2 N–H and O–H groups in total. The Morgan fingerprint density at radius 1 is 1.24 bits per heavy atom. The molecule has 4 heterocycles. The van der Waals surface area contributed by atoms with Gasteiger partial charge >= 0.3 is 0 Å². The molecule has 0 bridgehead atoms. The number of hydrogen-bond acceptors (Lipinski definition) is 6. The highest BCUT2D eigenvalue weighted by molar-refractivity contribution is 5.93. The van der Waals surface area contributed by atoms with Crippen LogP contribution in [0.3, 0.4) is 0 Å². The summed E-state index contributed by atoms with van der Waals surface area (Å²) in [5.41, 5.74) is 3.06. The third kappa shape index (κ3) is 3.38. The van der Waals surface area contributed by atoms with Crippen molar-refractivity contribution in [2.24, 2.45) is 0 Å². The Morgan fingerprint density at radius 2 is 2.12 bits per heavy atom. The summed E-state index contributed by atoms with van der Waals surface area (Å²) in [5, 5.41) is 10.6. The second-order valence-corrected chi connectivity index (χ2v) is 5.72. The van der Waals surface area contributed by atoms with Crippen molar-refractivity contribution in [1.29, 1.82) is 0 Å². The zero-order valence-corrected chi connectivity index (χ0v) is 13.5. The van der Waals surface area contributed by atoms with Crippen molar-refractivity contribution in [3.63, 3.8) is 0 Å². The lowest BCUT2D eigenvalue weighted by Crippen LogP contribution is -2.28. The topological polar surface area (TPSA) is 97.6 Å². The van der Waals surface area contributed by atoms with E-state index in [4.69, 9.17) is 0 Å². The van der Waals surface area contributed by atoms with E-state index in [1.807, 2.05) is 28.9 Å². The number of carbonyl (C=O) groups excluding carboxylic acids is 1. The van der Waals surface area contributed by atoms with Crippen LogP contribution in [0.2, 0.25) is 0 Å². The molecule has 3 aromatic heterocycles. The summed E-state index contributed by atoms with van der Waals surface area (Å²) in [7, 11) is 0. The molecule has 1 aliphatic heterocycles. The fourth-order valence-electron chi connectivity index (χ4n) is 2.68. The van der Waals surface area contributed by atoms with Crippen molar-refractivity contribution in [2.75, 3.05) is 6.54 Å². The van der Waals surface area contributed by atoms with E-state index < -0.39 is 0 Å². The fourth-order valence-corrected chi connectivity index (χ4v) is 2.68. The molecule has 8 heteroatoms. The van der Waals surface area contributed by atoms with Gasteiger partial charge in [-0.2, -0.15) is 5.10 Å². The van der Waals surface area contributed by atoms with Gasteiger partial charge in [-0.3, -0.25) is 14.5 Å². The van der Waals surface area contributed by atoms with Crippen LogP contribution in [-0.4, -0.2) is 37.2 Å². The molecule has 0 fully saturated rings.